The molecule has 2 aromatic rings. The lowest BCUT2D eigenvalue weighted by Crippen LogP contribution is -2.31. The number of nitrogens with zero attached hydrogens (tertiary/aromatic N) is 4. The van der Waals surface area contributed by atoms with Crippen LogP contribution >= 0.6 is 0 Å². The zero-order valence-electron chi connectivity index (χ0n) is 10.4. The van der Waals surface area contributed by atoms with Crippen molar-refractivity contribution in [2.75, 3.05) is 6.54 Å². The predicted molar refractivity (Wildman–Crippen MR) is 65.8 cm³/mol. The first-order chi connectivity index (χ1) is 8.72. The molecule has 1 amide bonds. The van der Waals surface area contributed by atoms with Crippen LogP contribution in [0.5, 0.6) is 0 Å². The van der Waals surface area contributed by atoms with Gasteiger partial charge in [0, 0.05) is 25.5 Å². The van der Waals surface area contributed by atoms with E-state index in [4.69, 9.17) is 0 Å². The van der Waals surface area contributed by atoms with Crippen LogP contribution in [-0.2, 0) is 6.54 Å². The third-order valence-electron chi connectivity index (χ3n) is 2.69. The Hall–Kier alpha value is -2.24. The summed E-state index contributed by atoms with van der Waals surface area (Å²) >= 11 is 0. The van der Waals surface area contributed by atoms with Crippen molar-refractivity contribution in [3.63, 3.8) is 0 Å². The van der Waals surface area contributed by atoms with Crippen LogP contribution in [0.3, 0.4) is 0 Å². The second-order valence-corrected chi connectivity index (χ2v) is 3.94. The highest BCUT2D eigenvalue weighted by Gasteiger charge is 2.19. The summed E-state index contributed by atoms with van der Waals surface area (Å²) in [6.45, 7) is 4.83. The van der Waals surface area contributed by atoms with E-state index in [9.17, 15) is 4.79 Å². The van der Waals surface area contributed by atoms with Crippen LogP contribution in [0.4, 0.5) is 0 Å². The number of hydrogen-bond donors (Lipinski definition) is 1. The molecule has 0 bridgehead atoms. The molecular weight excluding hydrogens is 230 g/mol. The number of H-pyrrole nitrogens is 1. The molecule has 18 heavy (non-hydrogen) atoms. The van der Waals surface area contributed by atoms with Crippen molar-refractivity contribution in [2.45, 2.75) is 20.4 Å². The molecule has 0 spiro atoms. The third kappa shape index (κ3) is 2.53. The number of carbonyl (C=O) groups is 1. The first-order valence-corrected chi connectivity index (χ1v) is 5.78. The van der Waals surface area contributed by atoms with Crippen LogP contribution in [0, 0.1) is 6.92 Å². The van der Waals surface area contributed by atoms with E-state index in [2.05, 4.69) is 20.4 Å². The maximum atomic E-state index is 12.2. The second kappa shape index (κ2) is 5.39. The van der Waals surface area contributed by atoms with Crippen molar-refractivity contribution in [1.29, 1.82) is 0 Å². The smallest absolute Gasteiger partial charge is 0.276 e. The summed E-state index contributed by atoms with van der Waals surface area (Å²) in [6, 6.07) is 3.80. The summed E-state index contributed by atoms with van der Waals surface area (Å²) in [5.41, 5.74) is 1.99. The molecule has 0 aliphatic carbocycles. The molecule has 0 atom stereocenters. The molecule has 0 saturated heterocycles. The zero-order valence-corrected chi connectivity index (χ0v) is 10.4. The summed E-state index contributed by atoms with van der Waals surface area (Å²) in [7, 11) is 0. The van der Waals surface area contributed by atoms with Crippen LogP contribution in [0.2, 0.25) is 0 Å². The topological polar surface area (TPSA) is 74.8 Å². The maximum absolute atomic E-state index is 12.2. The van der Waals surface area contributed by atoms with Gasteiger partial charge < -0.3 is 4.90 Å². The Morgan fingerprint density at radius 3 is 2.83 bits per heavy atom. The molecule has 0 aliphatic heterocycles. The molecule has 0 fully saturated rings. The fraction of sp³-hybridized carbons (Fsp3) is 0.333. The molecular formula is C12H15N5O. The van der Waals surface area contributed by atoms with Gasteiger partial charge in [-0.15, -0.1) is 0 Å². The van der Waals surface area contributed by atoms with Crippen molar-refractivity contribution in [1.82, 2.24) is 25.3 Å². The molecule has 2 aromatic heterocycles. The largest absolute Gasteiger partial charge is 0.333 e. The fourth-order valence-electron chi connectivity index (χ4n) is 1.68. The predicted octanol–water partition coefficient (Wildman–Crippen LogP) is 1.17. The van der Waals surface area contributed by atoms with Gasteiger partial charge in [-0.05, 0) is 25.5 Å². The Balaban J connectivity index is 2.15. The van der Waals surface area contributed by atoms with Gasteiger partial charge in [-0.2, -0.15) is 15.4 Å². The van der Waals surface area contributed by atoms with Crippen molar-refractivity contribution >= 4 is 5.91 Å². The van der Waals surface area contributed by atoms with Gasteiger partial charge in [-0.3, -0.25) is 9.78 Å². The van der Waals surface area contributed by atoms with E-state index in [1.54, 1.807) is 24.2 Å². The third-order valence-corrected chi connectivity index (χ3v) is 2.69. The molecule has 2 heterocycles. The van der Waals surface area contributed by atoms with Crippen LogP contribution in [0.1, 0.15) is 28.7 Å². The molecule has 0 aromatic carbocycles. The number of rotatable bonds is 4. The molecule has 6 heteroatoms. The monoisotopic (exact) mass is 245 g/mol. The Kier molecular flexibility index (Phi) is 3.66. The maximum Gasteiger partial charge on any atom is 0.276 e. The lowest BCUT2D eigenvalue weighted by Gasteiger charge is -2.19. The Morgan fingerprint density at radius 2 is 2.28 bits per heavy atom. The summed E-state index contributed by atoms with van der Waals surface area (Å²) in [4.78, 5) is 18.0. The van der Waals surface area contributed by atoms with Gasteiger partial charge in [-0.25, -0.2) is 0 Å². The van der Waals surface area contributed by atoms with Crippen LogP contribution < -0.4 is 0 Å². The average Bonchev–Trinajstić information content (AvgIpc) is 2.82. The summed E-state index contributed by atoms with van der Waals surface area (Å²) in [5, 5.41) is 10.2. The van der Waals surface area contributed by atoms with Crippen LogP contribution in [-0.4, -0.2) is 37.7 Å². The molecule has 0 aliphatic rings. The standard InChI is InChI=1S/C12H15N5O/c1-3-17(8-10-5-4-6-13-7-10)12(18)11-9(2)14-16-15-11/h4-7H,3,8H2,1-2H3,(H,14,15,16). The summed E-state index contributed by atoms with van der Waals surface area (Å²) in [5.74, 6) is -0.118. The quantitative estimate of drug-likeness (QED) is 0.877. The number of aromatic amines is 1. The lowest BCUT2D eigenvalue weighted by molar-refractivity contribution is 0.0745. The lowest BCUT2D eigenvalue weighted by atomic mass is 10.2. The Labute approximate surface area is 105 Å². The molecule has 0 saturated carbocycles. The SMILES string of the molecule is CCN(Cc1cccnc1)C(=O)c1n[nH]nc1C. The van der Waals surface area contributed by atoms with E-state index in [1.165, 1.54) is 0 Å². The van der Waals surface area contributed by atoms with Gasteiger partial charge >= 0.3 is 0 Å². The van der Waals surface area contributed by atoms with Gasteiger partial charge in [0.15, 0.2) is 5.69 Å². The van der Waals surface area contributed by atoms with Crippen LogP contribution in [0.15, 0.2) is 24.5 Å². The van der Waals surface area contributed by atoms with Gasteiger partial charge in [0.2, 0.25) is 0 Å². The van der Waals surface area contributed by atoms with Gasteiger partial charge in [0.05, 0.1) is 5.69 Å². The number of pyridine rings is 1. The highest BCUT2D eigenvalue weighted by atomic mass is 16.2. The zero-order chi connectivity index (χ0) is 13.0. The number of aryl methyl sites for hydroxylation is 1. The summed E-state index contributed by atoms with van der Waals surface area (Å²) < 4.78 is 0. The molecule has 94 valence electrons. The molecule has 6 nitrogen and oxygen atoms in total. The normalized spacial score (nSPS) is 10.3. The molecule has 1 N–H and O–H groups in total. The highest BCUT2D eigenvalue weighted by Crippen LogP contribution is 2.09. The molecule has 0 unspecified atom stereocenters. The fourth-order valence-corrected chi connectivity index (χ4v) is 1.68. The molecule has 0 radical (unpaired) electrons. The van der Waals surface area contributed by atoms with Crippen LogP contribution in [0.25, 0.3) is 0 Å². The van der Waals surface area contributed by atoms with E-state index < -0.39 is 0 Å². The van der Waals surface area contributed by atoms with Gasteiger partial charge in [0.25, 0.3) is 5.91 Å². The Morgan fingerprint density at radius 1 is 1.44 bits per heavy atom. The van der Waals surface area contributed by atoms with Crippen molar-refractivity contribution in [3.8, 4) is 0 Å². The van der Waals surface area contributed by atoms with Gasteiger partial charge in [0.1, 0.15) is 0 Å². The van der Waals surface area contributed by atoms with E-state index in [-0.39, 0.29) is 5.91 Å². The van der Waals surface area contributed by atoms with E-state index >= 15 is 0 Å². The number of nitrogens with one attached hydrogen (secondary N) is 1. The summed E-state index contributed by atoms with van der Waals surface area (Å²) in [6.07, 6.45) is 3.47. The number of aromatic nitrogens is 4. The highest BCUT2D eigenvalue weighted by molar-refractivity contribution is 5.93. The minimum Gasteiger partial charge on any atom is -0.333 e. The van der Waals surface area contributed by atoms with E-state index in [1.807, 2.05) is 19.1 Å². The Bertz CT molecular complexity index is 522. The van der Waals surface area contributed by atoms with Gasteiger partial charge in [-0.1, -0.05) is 6.07 Å². The number of carbonyl (C=O) groups excluding carboxylic acids is 1. The molecule has 2 rings (SSSR count). The minimum atomic E-state index is -0.118. The minimum absolute atomic E-state index is 0.118. The second-order valence-electron chi connectivity index (χ2n) is 3.94. The average molecular weight is 245 g/mol. The first-order valence-electron chi connectivity index (χ1n) is 5.78. The van der Waals surface area contributed by atoms with Crippen molar-refractivity contribution < 1.29 is 4.79 Å². The van der Waals surface area contributed by atoms with E-state index in [0.29, 0.717) is 24.5 Å². The van der Waals surface area contributed by atoms with Crippen molar-refractivity contribution in [3.05, 3.63) is 41.5 Å². The first kappa shape index (κ1) is 12.2. The number of hydrogen-bond acceptors (Lipinski definition) is 4. The number of amides is 1. The van der Waals surface area contributed by atoms with Crippen molar-refractivity contribution in [2.24, 2.45) is 0 Å². The van der Waals surface area contributed by atoms with E-state index in [0.717, 1.165) is 5.56 Å².